The van der Waals surface area contributed by atoms with Gasteiger partial charge in [-0.2, -0.15) is 0 Å². The fourth-order valence-corrected chi connectivity index (χ4v) is 2.50. The summed E-state index contributed by atoms with van der Waals surface area (Å²) in [5.74, 6) is -0.685. The number of ether oxygens (including phenoxy) is 2. The minimum atomic E-state index is -0.391. The fraction of sp³-hybridized carbons (Fsp3) is 0.158. The van der Waals surface area contributed by atoms with Crippen LogP contribution in [0.3, 0.4) is 0 Å². The zero-order chi connectivity index (χ0) is 16.9. The van der Waals surface area contributed by atoms with E-state index in [1.54, 1.807) is 24.3 Å². The van der Waals surface area contributed by atoms with E-state index in [0.717, 1.165) is 22.0 Å². The molecular weight excluding hydrogens is 306 g/mol. The molecule has 3 rings (SSSR count). The van der Waals surface area contributed by atoms with Crippen molar-refractivity contribution in [3.05, 3.63) is 71.4 Å². The quantitative estimate of drug-likeness (QED) is 0.732. The highest BCUT2D eigenvalue weighted by Gasteiger charge is 2.10. The van der Waals surface area contributed by atoms with Gasteiger partial charge in [0, 0.05) is 17.1 Å². The summed E-state index contributed by atoms with van der Waals surface area (Å²) < 4.78 is 9.95. The normalized spacial score (nSPS) is 10.5. The number of carbonyl (C=O) groups excluding carboxylic acids is 2. The Bertz CT molecular complexity index is 864. The molecule has 1 aromatic heterocycles. The smallest absolute Gasteiger partial charge is 0.337 e. The second kappa shape index (κ2) is 7.00. The van der Waals surface area contributed by atoms with Crippen LogP contribution in [0.2, 0.25) is 0 Å². The van der Waals surface area contributed by atoms with Gasteiger partial charge in [0.05, 0.1) is 19.1 Å². The molecule has 0 fully saturated rings. The molecule has 5 heteroatoms. The molecule has 0 saturated heterocycles. The molecule has 5 nitrogen and oxygen atoms in total. The van der Waals surface area contributed by atoms with E-state index in [9.17, 15) is 9.59 Å². The molecule has 2 aromatic carbocycles. The van der Waals surface area contributed by atoms with Crippen molar-refractivity contribution < 1.29 is 19.1 Å². The van der Waals surface area contributed by atoms with Gasteiger partial charge in [-0.25, -0.2) is 4.79 Å². The van der Waals surface area contributed by atoms with Gasteiger partial charge >= 0.3 is 11.9 Å². The molecule has 122 valence electrons. The average molecular weight is 323 g/mol. The van der Waals surface area contributed by atoms with Crippen LogP contribution in [0.1, 0.15) is 21.5 Å². The number of H-pyrrole nitrogens is 1. The summed E-state index contributed by atoms with van der Waals surface area (Å²) in [5.41, 5.74) is 3.19. The summed E-state index contributed by atoms with van der Waals surface area (Å²) >= 11 is 0. The lowest BCUT2D eigenvalue weighted by molar-refractivity contribution is -0.144. The standard InChI is InChI=1S/C19H17NO4/c1-23-19(22)14-8-6-13(7-9-14)12-24-18(21)10-15-11-20-17-5-3-2-4-16(15)17/h2-9,11,20H,10,12H2,1H3. The van der Waals surface area contributed by atoms with E-state index in [1.165, 1.54) is 7.11 Å². The van der Waals surface area contributed by atoms with Gasteiger partial charge in [-0.1, -0.05) is 30.3 Å². The molecule has 0 saturated carbocycles. The first-order valence-electron chi connectivity index (χ1n) is 7.55. The van der Waals surface area contributed by atoms with Crippen molar-refractivity contribution in [2.75, 3.05) is 7.11 Å². The van der Waals surface area contributed by atoms with Gasteiger partial charge in [-0.15, -0.1) is 0 Å². The van der Waals surface area contributed by atoms with E-state index in [1.807, 2.05) is 30.5 Å². The Labute approximate surface area is 139 Å². The molecule has 24 heavy (non-hydrogen) atoms. The van der Waals surface area contributed by atoms with Crippen molar-refractivity contribution >= 4 is 22.8 Å². The van der Waals surface area contributed by atoms with Gasteiger partial charge in [-0.3, -0.25) is 4.79 Å². The van der Waals surface area contributed by atoms with Crippen molar-refractivity contribution in [2.45, 2.75) is 13.0 Å². The lowest BCUT2D eigenvalue weighted by Crippen LogP contribution is -2.08. The number of rotatable bonds is 5. The predicted octanol–water partition coefficient (Wildman–Crippen LogP) is 3.24. The van der Waals surface area contributed by atoms with E-state index in [2.05, 4.69) is 9.72 Å². The lowest BCUT2D eigenvalue weighted by atomic mass is 10.1. The molecule has 0 spiro atoms. The predicted molar refractivity (Wildman–Crippen MR) is 89.6 cm³/mol. The van der Waals surface area contributed by atoms with Gasteiger partial charge in [0.25, 0.3) is 0 Å². The number of aromatic amines is 1. The average Bonchev–Trinajstić information content (AvgIpc) is 3.03. The number of para-hydroxylation sites is 1. The molecule has 0 aliphatic carbocycles. The first kappa shape index (κ1) is 15.8. The van der Waals surface area contributed by atoms with Crippen molar-refractivity contribution in [2.24, 2.45) is 0 Å². The molecule has 0 aliphatic heterocycles. The Morgan fingerprint density at radius 1 is 1.04 bits per heavy atom. The van der Waals surface area contributed by atoms with Crippen LogP contribution in [-0.4, -0.2) is 24.0 Å². The highest BCUT2D eigenvalue weighted by Crippen LogP contribution is 2.18. The van der Waals surface area contributed by atoms with Crippen LogP contribution >= 0.6 is 0 Å². The van der Waals surface area contributed by atoms with Crippen LogP contribution < -0.4 is 0 Å². The molecule has 0 atom stereocenters. The van der Waals surface area contributed by atoms with E-state index < -0.39 is 5.97 Å². The minimum absolute atomic E-state index is 0.169. The molecular formula is C19H17NO4. The maximum absolute atomic E-state index is 12.0. The zero-order valence-electron chi connectivity index (χ0n) is 13.2. The van der Waals surface area contributed by atoms with E-state index in [0.29, 0.717) is 5.56 Å². The number of esters is 2. The Morgan fingerprint density at radius 3 is 2.54 bits per heavy atom. The molecule has 0 amide bonds. The van der Waals surface area contributed by atoms with Crippen LogP contribution in [0.5, 0.6) is 0 Å². The Balaban J connectivity index is 1.58. The number of hydrogen-bond donors (Lipinski definition) is 1. The summed E-state index contributed by atoms with van der Waals surface area (Å²) in [6.45, 7) is 0.169. The summed E-state index contributed by atoms with van der Waals surface area (Å²) in [6, 6.07) is 14.6. The van der Waals surface area contributed by atoms with Crippen molar-refractivity contribution in [3.63, 3.8) is 0 Å². The van der Waals surface area contributed by atoms with Crippen molar-refractivity contribution in [1.82, 2.24) is 4.98 Å². The van der Waals surface area contributed by atoms with Crippen molar-refractivity contribution in [1.29, 1.82) is 0 Å². The van der Waals surface area contributed by atoms with Crippen LogP contribution in [0.4, 0.5) is 0 Å². The third-order valence-corrected chi connectivity index (χ3v) is 3.78. The highest BCUT2D eigenvalue weighted by atomic mass is 16.5. The lowest BCUT2D eigenvalue weighted by Gasteiger charge is -2.05. The summed E-state index contributed by atoms with van der Waals surface area (Å²) in [6.07, 6.45) is 2.04. The number of hydrogen-bond acceptors (Lipinski definition) is 4. The van der Waals surface area contributed by atoms with Gasteiger partial charge in [0.2, 0.25) is 0 Å². The maximum Gasteiger partial charge on any atom is 0.337 e. The first-order chi connectivity index (χ1) is 11.7. The topological polar surface area (TPSA) is 68.4 Å². The summed E-state index contributed by atoms with van der Waals surface area (Å²) in [7, 11) is 1.34. The SMILES string of the molecule is COC(=O)c1ccc(COC(=O)Cc2c[nH]c3ccccc23)cc1. The second-order valence-electron chi connectivity index (χ2n) is 5.39. The Hall–Kier alpha value is -3.08. The van der Waals surface area contributed by atoms with E-state index in [4.69, 9.17) is 4.74 Å². The Morgan fingerprint density at radius 2 is 1.79 bits per heavy atom. The van der Waals surface area contributed by atoms with Gasteiger partial charge in [0.1, 0.15) is 6.61 Å². The van der Waals surface area contributed by atoms with Crippen molar-refractivity contribution in [3.8, 4) is 0 Å². The largest absolute Gasteiger partial charge is 0.465 e. The van der Waals surface area contributed by atoms with Gasteiger partial charge in [0.15, 0.2) is 0 Å². The number of nitrogens with one attached hydrogen (secondary N) is 1. The highest BCUT2D eigenvalue weighted by molar-refractivity contribution is 5.89. The summed E-state index contributed by atoms with van der Waals surface area (Å²) in [4.78, 5) is 26.5. The number of benzene rings is 2. The van der Waals surface area contributed by atoms with Crippen LogP contribution in [0, 0.1) is 0 Å². The van der Waals surface area contributed by atoms with Crippen LogP contribution in [0.25, 0.3) is 10.9 Å². The number of aromatic nitrogens is 1. The number of methoxy groups -OCH3 is 1. The fourth-order valence-electron chi connectivity index (χ4n) is 2.50. The Kier molecular flexibility index (Phi) is 4.61. The van der Waals surface area contributed by atoms with E-state index in [-0.39, 0.29) is 19.0 Å². The molecule has 0 radical (unpaired) electrons. The first-order valence-corrected chi connectivity index (χ1v) is 7.55. The third-order valence-electron chi connectivity index (χ3n) is 3.78. The van der Waals surface area contributed by atoms with Crippen LogP contribution in [0.15, 0.2) is 54.7 Å². The zero-order valence-corrected chi connectivity index (χ0v) is 13.2. The van der Waals surface area contributed by atoms with E-state index >= 15 is 0 Å². The molecule has 0 bridgehead atoms. The third kappa shape index (κ3) is 3.46. The van der Waals surface area contributed by atoms with Gasteiger partial charge in [-0.05, 0) is 29.3 Å². The minimum Gasteiger partial charge on any atom is -0.465 e. The number of fused-ring (bicyclic) bond motifs is 1. The molecule has 0 unspecified atom stereocenters. The summed E-state index contributed by atoms with van der Waals surface area (Å²) in [5, 5.41) is 1.02. The molecule has 1 N–H and O–H groups in total. The molecule has 1 heterocycles. The van der Waals surface area contributed by atoms with Gasteiger partial charge < -0.3 is 14.5 Å². The number of carbonyl (C=O) groups is 2. The van der Waals surface area contributed by atoms with Crippen LogP contribution in [-0.2, 0) is 27.3 Å². The maximum atomic E-state index is 12.0. The second-order valence-corrected chi connectivity index (χ2v) is 5.39. The molecule has 0 aliphatic rings. The monoisotopic (exact) mass is 323 g/mol. The molecule has 3 aromatic rings.